The minimum Gasteiger partial charge on any atom is -0.360 e. The number of aromatic nitrogens is 1. The zero-order valence-corrected chi connectivity index (χ0v) is 11.1. The molecule has 0 bridgehead atoms. The van der Waals surface area contributed by atoms with Crippen LogP contribution in [0.2, 0.25) is 5.15 Å². The lowest BCUT2D eigenvalue weighted by Crippen LogP contribution is -2.07. The van der Waals surface area contributed by atoms with Gasteiger partial charge in [-0.25, -0.2) is 13.8 Å². The molecule has 1 fully saturated rings. The van der Waals surface area contributed by atoms with Gasteiger partial charge in [-0.2, -0.15) is 0 Å². The van der Waals surface area contributed by atoms with E-state index in [2.05, 4.69) is 4.98 Å². The van der Waals surface area contributed by atoms with Gasteiger partial charge in [-0.15, -0.1) is 0 Å². The van der Waals surface area contributed by atoms with E-state index in [-0.39, 0.29) is 0 Å². The zero-order valence-electron chi connectivity index (χ0n) is 10.3. The van der Waals surface area contributed by atoms with Crippen molar-refractivity contribution in [3.63, 3.8) is 0 Å². The lowest BCUT2D eigenvalue weighted by atomic mass is 9.98. The summed E-state index contributed by atoms with van der Waals surface area (Å²) in [7, 11) is 0. The fourth-order valence-electron chi connectivity index (χ4n) is 1.97. The first-order valence-electron chi connectivity index (χ1n) is 5.99. The zero-order chi connectivity index (χ0) is 14.2. The van der Waals surface area contributed by atoms with E-state index in [1.54, 1.807) is 30.5 Å². The third kappa shape index (κ3) is 2.57. The van der Waals surface area contributed by atoms with Gasteiger partial charge >= 0.3 is 0 Å². The summed E-state index contributed by atoms with van der Waals surface area (Å²) in [4.78, 5) is 3.95. The highest BCUT2D eigenvalue weighted by atomic mass is 35.5. The quantitative estimate of drug-likeness (QED) is 0.632. The summed E-state index contributed by atoms with van der Waals surface area (Å²) in [6.07, 6.45) is 5.13. The predicted octanol–water partition coefficient (Wildman–Crippen LogP) is 3.95. The number of rotatable bonds is 3. The molecule has 0 aliphatic carbocycles. The summed E-state index contributed by atoms with van der Waals surface area (Å²) in [5.74, 6) is -1.21. The lowest BCUT2D eigenvalue weighted by Gasteiger charge is -2.08. The van der Waals surface area contributed by atoms with Crippen LogP contribution in [-0.4, -0.2) is 11.6 Å². The van der Waals surface area contributed by atoms with Crippen molar-refractivity contribution >= 4 is 17.7 Å². The molecule has 1 aromatic carbocycles. The Bertz CT molecular complexity index is 666. The monoisotopic (exact) mass is 293 g/mol. The number of hydrogen-bond acceptors (Lipinski definition) is 2. The van der Waals surface area contributed by atoms with Crippen molar-refractivity contribution in [1.29, 1.82) is 0 Å². The van der Waals surface area contributed by atoms with E-state index >= 15 is 0 Å². The predicted molar refractivity (Wildman–Crippen MR) is 72.3 cm³/mol. The molecule has 102 valence electrons. The van der Waals surface area contributed by atoms with Crippen LogP contribution >= 0.6 is 11.6 Å². The summed E-state index contributed by atoms with van der Waals surface area (Å²) in [5.41, 5.74) is 0.348. The van der Waals surface area contributed by atoms with E-state index in [1.165, 1.54) is 12.1 Å². The Kier molecular flexibility index (Phi) is 3.28. The van der Waals surface area contributed by atoms with Gasteiger partial charge in [0, 0.05) is 17.8 Å². The first-order valence-corrected chi connectivity index (χ1v) is 6.37. The van der Waals surface area contributed by atoms with Gasteiger partial charge in [0.05, 0.1) is 6.61 Å². The molecule has 0 saturated carbocycles. The van der Waals surface area contributed by atoms with Crippen molar-refractivity contribution in [2.24, 2.45) is 0 Å². The van der Waals surface area contributed by atoms with Crippen molar-refractivity contribution in [2.45, 2.75) is 5.60 Å². The van der Waals surface area contributed by atoms with E-state index in [0.717, 1.165) is 11.6 Å². The maximum Gasteiger partial charge on any atom is 0.138 e. The molecule has 1 saturated heterocycles. The van der Waals surface area contributed by atoms with E-state index < -0.39 is 17.2 Å². The molecule has 1 atom stereocenters. The fourth-order valence-corrected chi connectivity index (χ4v) is 2.08. The summed E-state index contributed by atoms with van der Waals surface area (Å²) >= 11 is 5.70. The van der Waals surface area contributed by atoms with Crippen LogP contribution in [0.1, 0.15) is 11.1 Å². The van der Waals surface area contributed by atoms with E-state index in [0.29, 0.717) is 17.3 Å². The molecule has 1 aliphatic rings. The number of ether oxygens (including phenoxy) is 1. The van der Waals surface area contributed by atoms with Crippen LogP contribution < -0.4 is 0 Å². The van der Waals surface area contributed by atoms with Crippen molar-refractivity contribution in [1.82, 2.24) is 4.98 Å². The van der Waals surface area contributed by atoms with Gasteiger partial charge in [-0.05, 0) is 29.8 Å². The molecule has 0 N–H and O–H groups in total. The van der Waals surface area contributed by atoms with Crippen LogP contribution in [0.3, 0.4) is 0 Å². The molecule has 5 heteroatoms. The molecule has 20 heavy (non-hydrogen) atoms. The Morgan fingerprint density at radius 1 is 1.25 bits per heavy atom. The van der Waals surface area contributed by atoms with Crippen LogP contribution in [0, 0.1) is 11.6 Å². The Labute approximate surface area is 119 Å². The summed E-state index contributed by atoms with van der Waals surface area (Å²) in [5, 5.41) is 0.407. The topological polar surface area (TPSA) is 25.4 Å². The molecule has 1 aliphatic heterocycles. The average molecular weight is 294 g/mol. The molecule has 2 aromatic rings. The maximum atomic E-state index is 13.8. The summed E-state index contributed by atoms with van der Waals surface area (Å²) in [6, 6.07) is 6.95. The highest BCUT2D eigenvalue weighted by Gasteiger charge is 2.45. The normalized spacial score (nSPS) is 21.4. The highest BCUT2D eigenvalue weighted by molar-refractivity contribution is 6.29. The van der Waals surface area contributed by atoms with Gasteiger partial charge < -0.3 is 4.74 Å². The third-order valence-corrected chi connectivity index (χ3v) is 3.36. The second kappa shape index (κ2) is 4.96. The molecule has 1 aromatic heterocycles. The van der Waals surface area contributed by atoms with Crippen molar-refractivity contribution < 1.29 is 13.5 Å². The van der Waals surface area contributed by atoms with Crippen molar-refractivity contribution in [3.8, 4) is 0 Å². The van der Waals surface area contributed by atoms with Crippen LogP contribution in [0.15, 0.2) is 42.6 Å². The number of nitrogens with zero attached hydrogens (tertiary/aromatic N) is 1. The first kappa shape index (κ1) is 13.2. The lowest BCUT2D eigenvalue weighted by molar-refractivity contribution is 0.349. The minimum absolute atomic E-state index is 0.331. The van der Waals surface area contributed by atoms with E-state index in [4.69, 9.17) is 16.3 Å². The number of halogens is 3. The second-order valence-electron chi connectivity index (χ2n) is 4.55. The fraction of sp³-hybridized carbons (Fsp3) is 0.133. The summed E-state index contributed by atoms with van der Waals surface area (Å²) < 4.78 is 32.1. The molecule has 2 nitrogen and oxygen atoms in total. The first-order chi connectivity index (χ1) is 9.59. The van der Waals surface area contributed by atoms with Crippen molar-refractivity contribution in [2.75, 3.05) is 6.61 Å². The molecule has 0 radical (unpaired) electrons. The van der Waals surface area contributed by atoms with Crippen LogP contribution in [0.4, 0.5) is 8.78 Å². The second-order valence-corrected chi connectivity index (χ2v) is 4.94. The Hall–Kier alpha value is -1.78. The number of pyridine rings is 1. The van der Waals surface area contributed by atoms with Crippen molar-refractivity contribution in [3.05, 3.63) is 70.5 Å². The van der Waals surface area contributed by atoms with E-state index in [1.807, 2.05) is 0 Å². The van der Waals surface area contributed by atoms with Gasteiger partial charge in [0.2, 0.25) is 0 Å². The Balaban J connectivity index is 1.87. The Morgan fingerprint density at radius 3 is 2.65 bits per heavy atom. The standard InChI is InChI=1S/C15H10ClF2NO/c16-14-4-1-10(8-19-14)5-6-15(9-20-15)12-3-2-11(17)7-13(12)18/h1-8H,9H2. The smallest absolute Gasteiger partial charge is 0.138 e. The van der Waals surface area contributed by atoms with Gasteiger partial charge in [0.1, 0.15) is 22.4 Å². The molecular formula is C15H10ClF2NO. The summed E-state index contributed by atoms with van der Waals surface area (Å²) in [6.45, 7) is 0.368. The van der Waals surface area contributed by atoms with E-state index in [9.17, 15) is 8.78 Å². The number of benzene rings is 1. The van der Waals surface area contributed by atoms with Gasteiger partial charge in [-0.3, -0.25) is 0 Å². The molecule has 0 spiro atoms. The van der Waals surface area contributed by atoms with Crippen LogP contribution in [-0.2, 0) is 10.3 Å². The van der Waals surface area contributed by atoms with Gasteiger partial charge in [0.15, 0.2) is 0 Å². The third-order valence-electron chi connectivity index (χ3n) is 3.14. The molecule has 3 rings (SSSR count). The highest BCUT2D eigenvalue weighted by Crippen LogP contribution is 2.42. The largest absolute Gasteiger partial charge is 0.360 e. The Morgan fingerprint density at radius 2 is 2.05 bits per heavy atom. The SMILES string of the molecule is Fc1ccc(C2(C=Cc3ccc(Cl)nc3)CO2)c(F)c1. The number of hydrogen-bond donors (Lipinski definition) is 0. The molecule has 0 amide bonds. The maximum absolute atomic E-state index is 13.8. The van der Waals surface area contributed by atoms with Crippen LogP contribution in [0.5, 0.6) is 0 Å². The minimum atomic E-state index is -0.808. The molecular weight excluding hydrogens is 284 g/mol. The molecule has 2 heterocycles. The average Bonchev–Trinajstić information content (AvgIpc) is 3.19. The number of epoxide rings is 1. The van der Waals surface area contributed by atoms with Gasteiger partial charge in [0.25, 0.3) is 0 Å². The van der Waals surface area contributed by atoms with Gasteiger partial charge in [-0.1, -0.05) is 23.7 Å². The molecule has 1 unspecified atom stereocenters. The van der Waals surface area contributed by atoms with Crippen LogP contribution in [0.25, 0.3) is 6.08 Å².